The van der Waals surface area contributed by atoms with Crippen LogP contribution in [0, 0.1) is 11.8 Å². The fourth-order valence-electron chi connectivity index (χ4n) is 6.88. The van der Waals surface area contributed by atoms with Crippen molar-refractivity contribution >= 4 is 6.03 Å². The number of hydrogen-bond acceptors (Lipinski definition) is 2. The Kier molecular flexibility index (Phi) is 4.65. The van der Waals surface area contributed by atoms with E-state index in [9.17, 15) is 4.79 Å². The van der Waals surface area contributed by atoms with Gasteiger partial charge in [-0.15, -0.1) is 0 Å². The van der Waals surface area contributed by atoms with Gasteiger partial charge in [0.1, 0.15) is 0 Å². The number of carbonyl (C=O) groups is 1. The highest BCUT2D eigenvalue weighted by Crippen LogP contribution is 2.51. The topological polar surface area (TPSA) is 35.6 Å². The zero-order chi connectivity index (χ0) is 19.3. The molecule has 4 aliphatic rings. The van der Waals surface area contributed by atoms with Crippen LogP contribution >= 0.6 is 0 Å². The number of hydrogen-bond donors (Lipinski definition) is 1. The molecule has 1 heterocycles. The lowest BCUT2D eigenvalue weighted by molar-refractivity contribution is 0.0748. The number of piperidine rings is 1. The summed E-state index contributed by atoms with van der Waals surface area (Å²) in [5, 5.41) is 3.24. The van der Waals surface area contributed by atoms with Crippen molar-refractivity contribution in [2.45, 2.75) is 68.9 Å². The van der Waals surface area contributed by atoms with Gasteiger partial charge in [-0.3, -0.25) is 0 Å². The van der Waals surface area contributed by atoms with Crippen molar-refractivity contribution in [1.29, 1.82) is 0 Å². The molecule has 1 spiro atoms. The molecule has 1 aromatic carbocycles. The Morgan fingerprint density at radius 2 is 1.89 bits per heavy atom. The fourth-order valence-corrected chi connectivity index (χ4v) is 6.88. The number of carbonyl (C=O) groups excluding carboxylic acids is 1. The molecule has 3 fully saturated rings. The Morgan fingerprint density at radius 1 is 1.11 bits per heavy atom. The van der Waals surface area contributed by atoms with Crippen LogP contribution in [0.2, 0.25) is 0 Å². The maximum atomic E-state index is 12.2. The molecule has 1 N–H and O–H groups in total. The third-order valence-corrected chi connectivity index (χ3v) is 8.45. The summed E-state index contributed by atoms with van der Waals surface area (Å²) < 4.78 is 0. The summed E-state index contributed by atoms with van der Waals surface area (Å²) in [7, 11) is 3.63. The third-order valence-electron chi connectivity index (χ3n) is 8.45. The summed E-state index contributed by atoms with van der Waals surface area (Å²) in [5.41, 5.74) is 3.19. The predicted molar refractivity (Wildman–Crippen MR) is 114 cm³/mol. The first-order valence-corrected chi connectivity index (χ1v) is 11.4. The van der Waals surface area contributed by atoms with Crippen LogP contribution < -0.4 is 5.32 Å². The molecule has 1 aliphatic heterocycles. The third kappa shape index (κ3) is 3.04. The van der Waals surface area contributed by atoms with Gasteiger partial charge in [0.2, 0.25) is 0 Å². The molecule has 2 bridgehead atoms. The highest BCUT2D eigenvalue weighted by atomic mass is 16.2. The van der Waals surface area contributed by atoms with Crippen LogP contribution in [0.1, 0.15) is 70.0 Å². The fraction of sp³-hybridized carbons (Fsp3) is 0.708. The van der Waals surface area contributed by atoms with Gasteiger partial charge in [-0.05, 0) is 86.4 Å². The molecular formula is C24H37N3O. The highest BCUT2D eigenvalue weighted by Gasteiger charge is 2.47. The van der Waals surface area contributed by atoms with E-state index in [0.29, 0.717) is 5.41 Å². The maximum Gasteiger partial charge on any atom is 0.317 e. The molecule has 0 radical (unpaired) electrons. The van der Waals surface area contributed by atoms with Crippen molar-refractivity contribution in [2.24, 2.45) is 11.8 Å². The van der Waals surface area contributed by atoms with Gasteiger partial charge in [-0.2, -0.15) is 0 Å². The lowest BCUT2D eigenvalue weighted by atomic mass is 9.63. The lowest BCUT2D eigenvalue weighted by Crippen LogP contribution is -2.50. The number of amides is 2. The lowest BCUT2D eigenvalue weighted by Gasteiger charge is -2.49. The smallest absolute Gasteiger partial charge is 0.317 e. The van der Waals surface area contributed by atoms with Gasteiger partial charge in [0, 0.05) is 21.6 Å². The van der Waals surface area contributed by atoms with Gasteiger partial charge in [-0.1, -0.05) is 30.7 Å². The summed E-state index contributed by atoms with van der Waals surface area (Å²) in [6.45, 7) is 2.52. The van der Waals surface area contributed by atoms with E-state index in [2.05, 4.69) is 34.5 Å². The second-order valence-corrected chi connectivity index (χ2v) is 10.1. The second-order valence-electron chi connectivity index (χ2n) is 10.1. The number of likely N-dealkylation sites (tertiary alicyclic amines) is 1. The molecule has 2 saturated carbocycles. The summed E-state index contributed by atoms with van der Waals surface area (Å²) in [5.74, 6) is 2.02. The molecule has 28 heavy (non-hydrogen) atoms. The van der Waals surface area contributed by atoms with Crippen LogP contribution in [0.15, 0.2) is 24.3 Å². The summed E-state index contributed by atoms with van der Waals surface area (Å²) in [6, 6.07) is 9.97. The van der Waals surface area contributed by atoms with Crippen LogP contribution in [-0.2, 0) is 5.41 Å². The van der Waals surface area contributed by atoms with E-state index < -0.39 is 0 Å². The number of rotatable bonds is 2. The Balaban J connectivity index is 0.00000205. The van der Waals surface area contributed by atoms with Crippen LogP contribution in [0.3, 0.4) is 0 Å². The minimum Gasteiger partial charge on any atom is -0.331 e. The van der Waals surface area contributed by atoms with Gasteiger partial charge >= 0.3 is 6.03 Å². The van der Waals surface area contributed by atoms with Gasteiger partial charge < -0.3 is 15.1 Å². The summed E-state index contributed by atoms with van der Waals surface area (Å²) >= 11 is 0. The number of benzene rings is 1. The minimum absolute atomic E-state index is 0. The minimum atomic E-state index is 0. The average molecular weight is 384 g/mol. The first kappa shape index (κ1) is 18.5. The number of fused-ring (bicyclic) bond motifs is 4. The zero-order valence-corrected chi connectivity index (χ0v) is 17.5. The Bertz CT molecular complexity index is 743. The molecule has 154 valence electrons. The van der Waals surface area contributed by atoms with Gasteiger partial charge in [-0.25, -0.2) is 4.79 Å². The van der Waals surface area contributed by atoms with Crippen molar-refractivity contribution < 1.29 is 6.22 Å². The number of urea groups is 1. The SMILES string of the molecule is CN(C)C(=O)N[C@H]1CCC2(CCN([C@@H]3C[C@@H]4CC[C@@H]3C4)CC2)c2ccccc21.[HH]. The number of nitrogens with one attached hydrogen (secondary N) is 1. The van der Waals surface area contributed by atoms with Crippen LogP contribution in [0.5, 0.6) is 0 Å². The molecule has 5 rings (SSSR count). The van der Waals surface area contributed by atoms with E-state index in [1.54, 1.807) is 4.90 Å². The van der Waals surface area contributed by atoms with Crippen molar-refractivity contribution in [2.75, 3.05) is 27.2 Å². The normalized spacial score (nSPS) is 33.6. The predicted octanol–water partition coefficient (Wildman–Crippen LogP) is 4.56. The van der Waals surface area contributed by atoms with E-state index in [0.717, 1.165) is 24.3 Å². The van der Waals surface area contributed by atoms with Gasteiger partial charge in [0.25, 0.3) is 0 Å². The summed E-state index contributed by atoms with van der Waals surface area (Å²) in [4.78, 5) is 16.7. The average Bonchev–Trinajstić information content (AvgIpc) is 3.34. The first-order chi connectivity index (χ1) is 13.6. The van der Waals surface area contributed by atoms with E-state index in [-0.39, 0.29) is 13.5 Å². The molecule has 0 aromatic heterocycles. The van der Waals surface area contributed by atoms with Crippen molar-refractivity contribution in [1.82, 2.24) is 15.1 Å². The van der Waals surface area contributed by atoms with E-state index in [1.807, 2.05) is 14.1 Å². The van der Waals surface area contributed by atoms with Crippen molar-refractivity contribution in [3.63, 3.8) is 0 Å². The Labute approximate surface area is 171 Å². The zero-order valence-electron chi connectivity index (χ0n) is 17.5. The van der Waals surface area contributed by atoms with Gasteiger partial charge in [0.05, 0.1) is 6.04 Å². The Hall–Kier alpha value is -1.55. The molecule has 1 aromatic rings. The maximum absolute atomic E-state index is 12.2. The molecule has 0 unspecified atom stereocenters. The molecular weight excluding hydrogens is 346 g/mol. The first-order valence-electron chi connectivity index (χ1n) is 11.4. The van der Waals surface area contributed by atoms with E-state index >= 15 is 0 Å². The molecule has 1 saturated heterocycles. The largest absolute Gasteiger partial charge is 0.331 e. The van der Waals surface area contributed by atoms with Crippen LogP contribution in [0.25, 0.3) is 0 Å². The monoisotopic (exact) mass is 383 g/mol. The number of nitrogens with zero attached hydrogens (tertiary/aromatic N) is 2. The quantitative estimate of drug-likeness (QED) is 0.812. The Morgan fingerprint density at radius 3 is 2.57 bits per heavy atom. The van der Waals surface area contributed by atoms with Crippen molar-refractivity contribution in [3.05, 3.63) is 35.4 Å². The molecule has 2 amide bonds. The standard InChI is InChI=1S/C24H35N3O.H2/c1-26(2)23(28)25-21-9-10-24(20-6-4-3-5-19(20)21)11-13-27(14-12-24)22-16-17-7-8-18(22)15-17;/h3-6,17-18,21-22H,7-16H2,1-2H3,(H,25,28);1H/t17-,18-,21+,22-;/m1./s1. The molecule has 4 atom stereocenters. The van der Waals surface area contributed by atoms with E-state index in [1.165, 1.54) is 69.2 Å². The highest BCUT2D eigenvalue weighted by molar-refractivity contribution is 5.74. The van der Waals surface area contributed by atoms with Crippen LogP contribution in [-0.4, -0.2) is 49.1 Å². The van der Waals surface area contributed by atoms with Crippen molar-refractivity contribution in [3.8, 4) is 0 Å². The molecule has 4 nitrogen and oxygen atoms in total. The molecule has 4 heteroatoms. The van der Waals surface area contributed by atoms with Gasteiger partial charge in [0.15, 0.2) is 0 Å². The van der Waals surface area contributed by atoms with E-state index in [4.69, 9.17) is 0 Å². The second kappa shape index (κ2) is 7.05. The van der Waals surface area contributed by atoms with Crippen LogP contribution in [0.4, 0.5) is 4.79 Å². The molecule has 3 aliphatic carbocycles. The summed E-state index contributed by atoms with van der Waals surface area (Å²) in [6.07, 6.45) is 10.8.